The van der Waals surface area contributed by atoms with E-state index in [1.54, 1.807) is 15.9 Å². The van der Waals surface area contributed by atoms with Crippen molar-refractivity contribution < 1.29 is 18.0 Å². The van der Waals surface area contributed by atoms with Crippen LogP contribution in [-0.4, -0.2) is 44.0 Å². The number of hydrogen-bond acceptors (Lipinski definition) is 4. The second kappa shape index (κ2) is 8.30. The number of benzene rings is 2. The summed E-state index contributed by atoms with van der Waals surface area (Å²) in [7, 11) is -3.69. The SMILES string of the molecule is O=C(CCS(=O)(=O)c1cc2c(cc1Br)CCN2C(=O)C1CC1)N1CCc2ccccc2C1. The van der Waals surface area contributed by atoms with E-state index in [0.717, 1.165) is 36.8 Å². The van der Waals surface area contributed by atoms with E-state index in [4.69, 9.17) is 0 Å². The van der Waals surface area contributed by atoms with Gasteiger partial charge in [0.05, 0.1) is 10.6 Å². The van der Waals surface area contributed by atoms with Gasteiger partial charge in [0.15, 0.2) is 9.84 Å². The average Bonchev–Trinajstić information content (AvgIpc) is 3.56. The van der Waals surface area contributed by atoms with Crippen molar-refractivity contribution in [2.45, 2.75) is 43.5 Å². The minimum atomic E-state index is -3.69. The van der Waals surface area contributed by atoms with Gasteiger partial charge in [-0.25, -0.2) is 8.42 Å². The Kier molecular flexibility index (Phi) is 5.61. The van der Waals surface area contributed by atoms with Crippen LogP contribution in [0.2, 0.25) is 0 Å². The van der Waals surface area contributed by atoms with E-state index in [-0.39, 0.29) is 34.8 Å². The third-order valence-corrected chi connectivity index (χ3v) is 9.29. The van der Waals surface area contributed by atoms with Crippen molar-refractivity contribution in [3.63, 3.8) is 0 Å². The molecular weight excluding hydrogens is 492 g/mol. The zero-order chi connectivity index (χ0) is 22.5. The van der Waals surface area contributed by atoms with E-state index in [9.17, 15) is 18.0 Å². The highest BCUT2D eigenvalue weighted by atomic mass is 79.9. The fourth-order valence-corrected chi connectivity index (χ4v) is 7.05. The molecule has 0 saturated heterocycles. The van der Waals surface area contributed by atoms with Gasteiger partial charge >= 0.3 is 0 Å². The van der Waals surface area contributed by atoms with Crippen LogP contribution in [0.4, 0.5) is 5.69 Å². The molecule has 2 aliphatic heterocycles. The van der Waals surface area contributed by atoms with Gasteiger partial charge in [-0.2, -0.15) is 0 Å². The standard InChI is InChI=1S/C24H25BrN2O4S/c25-20-13-18-8-11-27(24(29)17-5-6-17)21(18)14-22(20)32(30,31)12-9-23(28)26-10-7-16-3-1-2-4-19(16)15-26/h1-4,13-14,17H,5-12,15H2. The number of amides is 2. The molecule has 0 spiro atoms. The van der Waals surface area contributed by atoms with Crippen molar-refractivity contribution in [2.75, 3.05) is 23.7 Å². The van der Waals surface area contributed by atoms with Gasteiger partial charge in [-0.1, -0.05) is 24.3 Å². The fraction of sp³-hybridized carbons (Fsp3) is 0.417. The van der Waals surface area contributed by atoms with E-state index in [1.807, 2.05) is 24.3 Å². The number of fused-ring (bicyclic) bond motifs is 2. The van der Waals surface area contributed by atoms with Gasteiger partial charge in [0, 0.05) is 42.1 Å². The second-order valence-corrected chi connectivity index (χ2v) is 11.8. The highest BCUT2D eigenvalue weighted by molar-refractivity contribution is 9.10. The first kappa shape index (κ1) is 21.6. The van der Waals surface area contributed by atoms with Crippen LogP contribution in [0.15, 0.2) is 45.8 Å². The van der Waals surface area contributed by atoms with Gasteiger partial charge in [-0.3, -0.25) is 9.59 Å². The number of carbonyl (C=O) groups is 2. The predicted molar refractivity (Wildman–Crippen MR) is 125 cm³/mol. The van der Waals surface area contributed by atoms with Crippen molar-refractivity contribution in [1.82, 2.24) is 4.90 Å². The van der Waals surface area contributed by atoms with E-state index in [1.165, 1.54) is 5.56 Å². The second-order valence-electron chi connectivity index (χ2n) is 8.83. The Hall–Kier alpha value is -2.19. The number of carbonyl (C=O) groups excluding carboxylic acids is 2. The predicted octanol–water partition coefficient (Wildman–Crippen LogP) is 3.50. The number of halogens is 1. The summed E-state index contributed by atoms with van der Waals surface area (Å²) in [4.78, 5) is 29.0. The molecule has 1 saturated carbocycles. The Labute approximate surface area is 196 Å². The first-order valence-corrected chi connectivity index (χ1v) is 13.5. The zero-order valence-electron chi connectivity index (χ0n) is 17.7. The summed E-state index contributed by atoms with van der Waals surface area (Å²) in [5.41, 5.74) is 4.05. The van der Waals surface area contributed by atoms with Gasteiger partial charge in [0.1, 0.15) is 0 Å². The monoisotopic (exact) mass is 516 g/mol. The molecule has 3 aliphatic rings. The molecule has 6 nitrogen and oxygen atoms in total. The van der Waals surface area contributed by atoms with Crippen molar-refractivity contribution in [3.8, 4) is 0 Å². The molecule has 32 heavy (non-hydrogen) atoms. The molecule has 2 amide bonds. The molecule has 1 aliphatic carbocycles. The molecular formula is C24H25BrN2O4S. The lowest BCUT2D eigenvalue weighted by Crippen LogP contribution is -2.36. The molecule has 1 fully saturated rings. The molecule has 8 heteroatoms. The van der Waals surface area contributed by atoms with Crippen molar-refractivity contribution in [2.24, 2.45) is 5.92 Å². The third kappa shape index (κ3) is 4.10. The van der Waals surface area contributed by atoms with Crippen LogP contribution in [0, 0.1) is 5.92 Å². The maximum Gasteiger partial charge on any atom is 0.230 e. The summed E-state index contributed by atoms with van der Waals surface area (Å²) in [6, 6.07) is 11.5. The summed E-state index contributed by atoms with van der Waals surface area (Å²) in [6.45, 7) is 1.72. The van der Waals surface area contributed by atoms with Crippen molar-refractivity contribution in [1.29, 1.82) is 0 Å². The van der Waals surface area contributed by atoms with E-state index >= 15 is 0 Å². The highest BCUT2D eigenvalue weighted by Crippen LogP contribution is 2.39. The zero-order valence-corrected chi connectivity index (χ0v) is 20.1. The maximum atomic E-state index is 13.2. The van der Waals surface area contributed by atoms with Gasteiger partial charge in [0.25, 0.3) is 0 Å². The highest BCUT2D eigenvalue weighted by Gasteiger charge is 2.37. The Bertz CT molecular complexity index is 1210. The number of nitrogens with zero attached hydrogens (tertiary/aromatic N) is 2. The van der Waals surface area contributed by atoms with Crippen LogP contribution in [0.1, 0.15) is 36.0 Å². The summed E-state index contributed by atoms with van der Waals surface area (Å²) in [6.07, 6.45) is 3.28. The molecule has 2 heterocycles. The van der Waals surface area contributed by atoms with E-state index in [0.29, 0.717) is 29.8 Å². The molecule has 5 rings (SSSR count). The summed E-state index contributed by atoms with van der Waals surface area (Å²) >= 11 is 3.41. The minimum Gasteiger partial charge on any atom is -0.338 e. The van der Waals surface area contributed by atoms with Gasteiger partial charge in [-0.05, 0) is 70.4 Å². The van der Waals surface area contributed by atoms with E-state index < -0.39 is 9.84 Å². The average molecular weight is 517 g/mol. The molecule has 168 valence electrons. The molecule has 2 aromatic rings. The van der Waals surface area contributed by atoms with Crippen LogP contribution < -0.4 is 4.90 Å². The summed E-state index contributed by atoms with van der Waals surface area (Å²) in [5, 5.41) is 0. The summed E-state index contributed by atoms with van der Waals surface area (Å²) in [5.74, 6) is -0.226. The smallest absolute Gasteiger partial charge is 0.230 e. The lowest BCUT2D eigenvalue weighted by Gasteiger charge is -2.29. The topological polar surface area (TPSA) is 74.8 Å². The first-order valence-electron chi connectivity index (χ1n) is 11.0. The quantitative estimate of drug-likeness (QED) is 0.609. The molecule has 0 aromatic heterocycles. The van der Waals surface area contributed by atoms with Crippen LogP contribution in [-0.2, 0) is 38.8 Å². The van der Waals surface area contributed by atoms with Crippen molar-refractivity contribution in [3.05, 3.63) is 57.6 Å². The van der Waals surface area contributed by atoms with Crippen LogP contribution in [0.3, 0.4) is 0 Å². The first-order chi connectivity index (χ1) is 15.3. The third-order valence-electron chi connectivity index (χ3n) is 6.62. The Balaban J connectivity index is 1.30. The summed E-state index contributed by atoms with van der Waals surface area (Å²) < 4.78 is 26.8. The maximum absolute atomic E-state index is 13.2. The molecule has 0 N–H and O–H groups in total. The minimum absolute atomic E-state index is 0.0568. The number of sulfone groups is 1. The lowest BCUT2D eigenvalue weighted by molar-refractivity contribution is -0.131. The lowest BCUT2D eigenvalue weighted by atomic mass is 10.00. The fourth-order valence-electron chi connectivity index (χ4n) is 4.60. The molecule has 0 atom stereocenters. The van der Waals surface area contributed by atoms with Crippen LogP contribution in [0.25, 0.3) is 0 Å². The normalized spacial score (nSPS) is 17.8. The van der Waals surface area contributed by atoms with Gasteiger partial charge in [-0.15, -0.1) is 0 Å². The molecule has 0 radical (unpaired) electrons. The Morgan fingerprint density at radius 3 is 2.47 bits per heavy atom. The van der Waals surface area contributed by atoms with Gasteiger partial charge < -0.3 is 9.80 Å². The van der Waals surface area contributed by atoms with Gasteiger partial charge in [0.2, 0.25) is 11.8 Å². The van der Waals surface area contributed by atoms with Crippen molar-refractivity contribution >= 4 is 43.3 Å². The Morgan fingerprint density at radius 2 is 1.72 bits per heavy atom. The Morgan fingerprint density at radius 1 is 1.00 bits per heavy atom. The van der Waals surface area contributed by atoms with E-state index in [2.05, 4.69) is 22.0 Å². The number of rotatable bonds is 5. The number of anilines is 1. The molecule has 2 aromatic carbocycles. The largest absolute Gasteiger partial charge is 0.338 e. The van der Waals surface area contributed by atoms with Crippen LogP contribution >= 0.6 is 15.9 Å². The molecule has 0 bridgehead atoms. The number of hydrogen-bond donors (Lipinski definition) is 0. The van der Waals surface area contributed by atoms with Crippen LogP contribution in [0.5, 0.6) is 0 Å². The molecule has 0 unspecified atom stereocenters.